The SMILES string of the molecule is CC1CCCN1CC1CCCN1OCc1ccc(-c2csc(C(N)=O)c2)cc1. The molecule has 2 aliphatic rings. The molecule has 2 atom stereocenters. The standard InChI is InChI=1S/C22H29N3O2S/c1-16-4-2-10-24(16)13-20-5-3-11-25(20)27-14-17-6-8-18(9-7-17)19-12-21(22(23)26)28-15-19/h6-9,12,15-16,20H,2-5,10-11,13-14H2,1H3,(H2,23,26). The average molecular weight is 400 g/mol. The predicted octanol–water partition coefficient (Wildman–Crippen LogP) is 3.89. The van der Waals surface area contributed by atoms with Gasteiger partial charge in [0.15, 0.2) is 0 Å². The van der Waals surface area contributed by atoms with Gasteiger partial charge in [-0.25, -0.2) is 0 Å². The van der Waals surface area contributed by atoms with Crippen molar-refractivity contribution >= 4 is 17.2 Å². The number of hydroxylamine groups is 2. The fourth-order valence-corrected chi connectivity index (χ4v) is 5.03. The minimum absolute atomic E-state index is 0.371. The van der Waals surface area contributed by atoms with E-state index in [4.69, 9.17) is 10.6 Å². The molecule has 0 spiro atoms. The van der Waals surface area contributed by atoms with Crippen molar-refractivity contribution in [3.05, 3.63) is 46.2 Å². The average Bonchev–Trinajstić information content (AvgIpc) is 3.43. The number of primary amides is 1. The molecule has 0 bridgehead atoms. The van der Waals surface area contributed by atoms with Crippen LogP contribution in [-0.4, -0.2) is 47.6 Å². The monoisotopic (exact) mass is 399 g/mol. The molecule has 0 saturated carbocycles. The molecule has 5 nitrogen and oxygen atoms in total. The summed E-state index contributed by atoms with van der Waals surface area (Å²) in [5.41, 5.74) is 8.63. The van der Waals surface area contributed by atoms with Crippen molar-refractivity contribution in [1.29, 1.82) is 0 Å². The van der Waals surface area contributed by atoms with Crippen LogP contribution in [0.4, 0.5) is 0 Å². The highest BCUT2D eigenvalue weighted by Crippen LogP contribution is 2.27. The second kappa shape index (κ2) is 8.74. The van der Waals surface area contributed by atoms with Gasteiger partial charge in [0, 0.05) is 25.2 Å². The molecule has 4 rings (SSSR count). The smallest absolute Gasteiger partial charge is 0.258 e. The molecule has 150 valence electrons. The molecule has 1 aromatic heterocycles. The van der Waals surface area contributed by atoms with Gasteiger partial charge in [-0.3, -0.25) is 14.5 Å². The highest BCUT2D eigenvalue weighted by molar-refractivity contribution is 7.12. The van der Waals surface area contributed by atoms with Crippen LogP contribution in [0.15, 0.2) is 35.7 Å². The van der Waals surface area contributed by atoms with Crippen molar-refractivity contribution in [2.24, 2.45) is 5.73 Å². The topological polar surface area (TPSA) is 58.8 Å². The number of rotatable bonds is 7. The summed E-state index contributed by atoms with van der Waals surface area (Å²) in [6.07, 6.45) is 5.09. The van der Waals surface area contributed by atoms with Crippen molar-refractivity contribution < 1.29 is 9.63 Å². The van der Waals surface area contributed by atoms with E-state index < -0.39 is 0 Å². The molecule has 1 aromatic carbocycles. The highest BCUT2D eigenvalue weighted by atomic mass is 32.1. The Morgan fingerprint density at radius 3 is 2.64 bits per heavy atom. The number of hydrogen-bond acceptors (Lipinski definition) is 5. The van der Waals surface area contributed by atoms with E-state index in [1.54, 1.807) is 0 Å². The molecule has 28 heavy (non-hydrogen) atoms. The maximum Gasteiger partial charge on any atom is 0.258 e. The lowest BCUT2D eigenvalue weighted by Gasteiger charge is -2.30. The van der Waals surface area contributed by atoms with Crippen LogP contribution < -0.4 is 5.73 Å². The Kier molecular flexibility index (Phi) is 6.11. The molecule has 2 fully saturated rings. The summed E-state index contributed by atoms with van der Waals surface area (Å²) in [5, 5.41) is 4.18. The van der Waals surface area contributed by atoms with Crippen LogP contribution in [0.3, 0.4) is 0 Å². The summed E-state index contributed by atoms with van der Waals surface area (Å²) >= 11 is 1.39. The summed E-state index contributed by atoms with van der Waals surface area (Å²) in [6, 6.07) is 11.4. The Balaban J connectivity index is 1.32. The van der Waals surface area contributed by atoms with E-state index >= 15 is 0 Å². The minimum Gasteiger partial charge on any atom is -0.365 e. The van der Waals surface area contributed by atoms with Gasteiger partial charge in [0.2, 0.25) is 0 Å². The largest absolute Gasteiger partial charge is 0.365 e. The zero-order valence-corrected chi connectivity index (χ0v) is 17.3. The lowest BCUT2D eigenvalue weighted by molar-refractivity contribution is -0.182. The van der Waals surface area contributed by atoms with Gasteiger partial charge in [0.25, 0.3) is 5.91 Å². The van der Waals surface area contributed by atoms with Crippen molar-refractivity contribution in [2.75, 3.05) is 19.6 Å². The Labute approximate surface area is 171 Å². The molecule has 6 heteroatoms. The van der Waals surface area contributed by atoms with E-state index in [0.29, 0.717) is 23.6 Å². The van der Waals surface area contributed by atoms with Gasteiger partial charge in [0.05, 0.1) is 11.5 Å². The van der Waals surface area contributed by atoms with Crippen molar-refractivity contribution in [1.82, 2.24) is 9.96 Å². The zero-order chi connectivity index (χ0) is 19.5. The van der Waals surface area contributed by atoms with Gasteiger partial charge in [-0.1, -0.05) is 24.3 Å². The summed E-state index contributed by atoms with van der Waals surface area (Å²) in [6.45, 7) is 6.32. The predicted molar refractivity (Wildman–Crippen MR) is 113 cm³/mol. The van der Waals surface area contributed by atoms with Crippen molar-refractivity contribution in [3.63, 3.8) is 0 Å². The molecule has 2 unspecified atom stereocenters. The van der Waals surface area contributed by atoms with Crippen LogP contribution in [0.1, 0.15) is 47.8 Å². The van der Waals surface area contributed by atoms with E-state index in [0.717, 1.165) is 29.8 Å². The summed E-state index contributed by atoms with van der Waals surface area (Å²) < 4.78 is 0. The van der Waals surface area contributed by atoms with Gasteiger partial charge >= 0.3 is 0 Å². The van der Waals surface area contributed by atoms with Crippen LogP contribution >= 0.6 is 11.3 Å². The third-order valence-electron chi connectivity index (χ3n) is 5.99. The van der Waals surface area contributed by atoms with Crippen molar-refractivity contribution in [2.45, 2.75) is 51.3 Å². The number of hydrogen-bond donors (Lipinski definition) is 1. The number of nitrogens with zero attached hydrogens (tertiary/aromatic N) is 2. The highest BCUT2D eigenvalue weighted by Gasteiger charge is 2.30. The lowest BCUT2D eigenvalue weighted by atomic mass is 10.1. The molecule has 2 aliphatic heterocycles. The minimum atomic E-state index is -0.371. The molecule has 3 heterocycles. The second-order valence-electron chi connectivity index (χ2n) is 7.96. The first kappa shape index (κ1) is 19.6. The molecule has 2 N–H and O–H groups in total. The van der Waals surface area contributed by atoms with Crippen molar-refractivity contribution in [3.8, 4) is 11.1 Å². The molecule has 0 radical (unpaired) electrons. The Morgan fingerprint density at radius 2 is 1.96 bits per heavy atom. The van der Waals surface area contributed by atoms with Gasteiger partial charge in [0.1, 0.15) is 0 Å². The number of carbonyl (C=O) groups excluding carboxylic acids is 1. The number of thiophene rings is 1. The Hall–Kier alpha value is -1.73. The molecule has 2 aromatic rings. The van der Waals surface area contributed by atoms with Crippen LogP contribution in [-0.2, 0) is 11.4 Å². The first-order valence-corrected chi connectivity index (χ1v) is 11.1. The molecular weight excluding hydrogens is 370 g/mol. The maximum atomic E-state index is 11.3. The molecule has 2 saturated heterocycles. The Morgan fingerprint density at radius 1 is 1.18 bits per heavy atom. The summed E-state index contributed by atoms with van der Waals surface area (Å²) in [7, 11) is 0. The van der Waals surface area contributed by atoms with Crippen LogP contribution in [0.2, 0.25) is 0 Å². The first-order chi connectivity index (χ1) is 13.6. The number of amides is 1. The number of likely N-dealkylation sites (tertiary alicyclic amines) is 1. The number of benzene rings is 1. The maximum absolute atomic E-state index is 11.3. The molecule has 1 amide bonds. The van der Waals surface area contributed by atoms with Crippen LogP contribution in [0, 0.1) is 0 Å². The van der Waals surface area contributed by atoms with Gasteiger partial charge < -0.3 is 5.73 Å². The second-order valence-corrected chi connectivity index (χ2v) is 8.87. The van der Waals surface area contributed by atoms with E-state index in [1.165, 1.54) is 43.6 Å². The normalized spacial score (nSPS) is 23.5. The fourth-order valence-electron chi connectivity index (χ4n) is 4.26. The molecule has 0 aliphatic carbocycles. The third kappa shape index (κ3) is 4.46. The lowest BCUT2D eigenvalue weighted by Crippen LogP contribution is -2.41. The van der Waals surface area contributed by atoms with Gasteiger partial charge in [-0.05, 0) is 67.3 Å². The zero-order valence-electron chi connectivity index (χ0n) is 16.5. The van der Waals surface area contributed by atoms with E-state index in [2.05, 4.69) is 41.2 Å². The summed E-state index contributed by atoms with van der Waals surface area (Å²) in [5.74, 6) is -0.371. The number of nitrogens with two attached hydrogens (primary N) is 1. The van der Waals surface area contributed by atoms with E-state index in [1.807, 2.05) is 11.4 Å². The summed E-state index contributed by atoms with van der Waals surface area (Å²) in [4.78, 5) is 20.7. The fraction of sp³-hybridized carbons (Fsp3) is 0.500. The molecular formula is C22H29N3O2S. The van der Waals surface area contributed by atoms with E-state index in [9.17, 15) is 4.79 Å². The van der Waals surface area contributed by atoms with Crippen LogP contribution in [0.5, 0.6) is 0 Å². The van der Waals surface area contributed by atoms with Crippen LogP contribution in [0.25, 0.3) is 11.1 Å². The quantitative estimate of drug-likeness (QED) is 0.767. The van der Waals surface area contributed by atoms with Gasteiger partial charge in [-0.2, -0.15) is 5.06 Å². The third-order valence-corrected chi connectivity index (χ3v) is 6.93. The van der Waals surface area contributed by atoms with E-state index in [-0.39, 0.29) is 5.91 Å². The van der Waals surface area contributed by atoms with Gasteiger partial charge in [-0.15, -0.1) is 11.3 Å². The first-order valence-electron chi connectivity index (χ1n) is 10.2. The Bertz CT molecular complexity index is 804. The number of carbonyl (C=O) groups is 1.